The SMILES string of the molecule is O=C(O)CCC=CC[C@@H]1CO[C@H](c2ccc3c4c(cccc24)CC3)O[C@@H]1c1ccccc1O. The van der Waals surface area contributed by atoms with Crippen molar-refractivity contribution in [1.82, 2.24) is 0 Å². The van der Waals surface area contributed by atoms with E-state index >= 15 is 0 Å². The molecule has 0 unspecified atom stereocenters. The van der Waals surface area contributed by atoms with E-state index < -0.39 is 12.3 Å². The smallest absolute Gasteiger partial charge is 0.303 e. The van der Waals surface area contributed by atoms with E-state index in [2.05, 4.69) is 30.3 Å². The summed E-state index contributed by atoms with van der Waals surface area (Å²) in [6.07, 6.45) is 6.45. The van der Waals surface area contributed by atoms with Crippen molar-refractivity contribution in [2.24, 2.45) is 5.92 Å². The van der Waals surface area contributed by atoms with Crippen LogP contribution in [0.3, 0.4) is 0 Å². The Labute approximate surface area is 193 Å². The predicted octanol–water partition coefficient (Wildman–Crippen LogP) is 5.86. The van der Waals surface area contributed by atoms with Crippen LogP contribution in [0.25, 0.3) is 10.8 Å². The summed E-state index contributed by atoms with van der Waals surface area (Å²) in [5.74, 6) is -0.583. The molecule has 5 rings (SSSR count). The van der Waals surface area contributed by atoms with Crippen LogP contribution in [-0.4, -0.2) is 22.8 Å². The molecule has 0 radical (unpaired) electrons. The van der Waals surface area contributed by atoms with Gasteiger partial charge in [0.1, 0.15) is 5.75 Å². The lowest BCUT2D eigenvalue weighted by Crippen LogP contribution is -2.30. The summed E-state index contributed by atoms with van der Waals surface area (Å²) in [4.78, 5) is 10.7. The minimum absolute atomic E-state index is 0.00686. The second kappa shape index (κ2) is 9.38. The fourth-order valence-corrected chi connectivity index (χ4v) is 5.06. The number of phenolic OH excluding ortho intramolecular Hbond substituents is 1. The van der Waals surface area contributed by atoms with Gasteiger partial charge in [-0.3, -0.25) is 4.79 Å². The highest BCUT2D eigenvalue weighted by Gasteiger charge is 2.35. The lowest BCUT2D eigenvalue weighted by atomic mass is 9.91. The Morgan fingerprint density at radius 3 is 2.61 bits per heavy atom. The molecule has 2 N–H and O–H groups in total. The highest BCUT2D eigenvalue weighted by molar-refractivity contribution is 5.93. The zero-order valence-electron chi connectivity index (χ0n) is 18.4. The molecule has 3 aromatic rings. The Hall–Kier alpha value is -3.15. The van der Waals surface area contributed by atoms with Crippen LogP contribution in [-0.2, 0) is 27.1 Å². The first-order valence-electron chi connectivity index (χ1n) is 11.6. The Bertz CT molecular complexity index is 1190. The summed E-state index contributed by atoms with van der Waals surface area (Å²) in [5.41, 5.74) is 4.53. The molecule has 1 heterocycles. The molecular formula is C28H28O5. The largest absolute Gasteiger partial charge is 0.508 e. The van der Waals surface area contributed by atoms with Crippen LogP contribution >= 0.6 is 0 Å². The molecule has 3 atom stereocenters. The number of benzene rings is 3. The molecule has 1 saturated heterocycles. The van der Waals surface area contributed by atoms with Crippen molar-refractivity contribution < 1.29 is 24.5 Å². The van der Waals surface area contributed by atoms with Gasteiger partial charge < -0.3 is 19.7 Å². The first kappa shape index (κ1) is 21.7. The number of allylic oxidation sites excluding steroid dienone is 2. The average Bonchev–Trinajstić information content (AvgIpc) is 3.24. The molecule has 1 aliphatic carbocycles. The van der Waals surface area contributed by atoms with Gasteiger partial charge in [-0.1, -0.05) is 60.7 Å². The highest BCUT2D eigenvalue weighted by atomic mass is 16.7. The number of aliphatic carboxylic acids is 1. The summed E-state index contributed by atoms with van der Waals surface area (Å²) < 4.78 is 12.8. The van der Waals surface area contributed by atoms with Crippen molar-refractivity contribution in [2.75, 3.05) is 6.61 Å². The summed E-state index contributed by atoms with van der Waals surface area (Å²) in [7, 11) is 0. The van der Waals surface area contributed by atoms with Crippen LogP contribution in [0.15, 0.2) is 66.7 Å². The van der Waals surface area contributed by atoms with E-state index in [0.29, 0.717) is 19.4 Å². The van der Waals surface area contributed by atoms with Gasteiger partial charge in [0.25, 0.3) is 0 Å². The summed E-state index contributed by atoms with van der Waals surface area (Å²) >= 11 is 0. The molecule has 5 heteroatoms. The fourth-order valence-electron chi connectivity index (χ4n) is 5.06. The van der Waals surface area contributed by atoms with Crippen molar-refractivity contribution in [3.8, 4) is 5.75 Å². The van der Waals surface area contributed by atoms with Crippen LogP contribution in [0.4, 0.5) is 0 Å². The summed E-state index contributed by atoms with van der Waals surface area (Å²) in [5, 5.41) is 21.9. The Morgan fingerprint density at radius 1 is 0.970 bits per heavy atom. The van der Waals surface area contributed by atoms with Crippen molar-refractivity contribution in [3.05, 3.63) is 89.0 Å². The molecule has 0 spiro atoms. The quantitative estimate of drug-likeness (QED) is 0.447. The standard InChI is InChI=1S/C28H28O5/c29-24-11-5-4-9-23(24)27-20(7-2-1-3-12-25(30)31)17-32-28(33-27)22-16-15-19-14-13-18-8-6-10-21(22)26(18)19/h1-2,4-6,8-11,15-16,20,27-29H,3,7,12-14,17H2,(H,30,31)/t20-,27+,28+/m1/s1. The van der Waals surface area contributed by atoms with E-state index in [9.17, 15) is 9.90 Å². The van der Waals surface area contributed by atoms with Crippen LogP contribution in [0.5, 0.6) is 5.75 Å². The van der Waals surface area contributed by atoms with Crippen molar-refractivity contribution in [1.29, 1.82) is 0 Å². The monoisotopic (exact) mass is 444 g/mol. The zero-order valence-corrected chi connectivity index (χ0v) is 18.4. The van der Waals surface area contributed by atoms with Gasteiger partial charge in [0.15, 0.2) is 6.29 Å². The molecule has 0 aromatic heterocycles. The maximum Gasteiger partial charge on any atom is 0.303 e. The number of ether oxygens (including phenoxy) is 2. The van der Waals surface area contributed by atoms with E-state index in [1.807, 2.05) is 24.3 Å². The first-order valence-corrected chi connectivity index (χ1v) is 11.6. The second-order valence-corrected chi connectivity index (χ2v) is 8.83. The molecule has 2 aliphatic rings. The van der Waals surface area contributed by atoms with Crippen molar-refractivity contribution >= 4 is 16.7 Å². The molecule has 170 valence electrons. The molecule has 1 fully saturated rings. The Morgan fingerprint density at radius 2 is 1.79 bits per heavy atom. The summed E-state index contributed by atoms with van der Waals surface area (Å²) in [6.45, 7) is 0.482. The molecule has 0 saturated carbocycles. The maximum absolute atomic E-state index is 10.7. The summed E-state index contributed by atoms with van der Waals surface area (Å²) in [6, 6.07) is 18.0. The number of aromatic hydroxyl groups is 1. The second-order valence-electron chi connectivity index (χ2n) is 8.83. The number of carboxylic acids is 1. The number of hydrogen-bond acceptors (Lipinski definition) is 4. The molecule has 1 aliphatic heterocycles. The third kappa shape index (κ3) is 4.39. The zero-order chi connectivity index (χ0) is 22.8. The molecule has 0 amide bonds. The van der Waals surface area contributed by atoms with Gasteiger partial charge in [0, 0.05) is 23.5 Å². The van der Waals surface area contributed by atoms with E-state index in [4.69, 9.17) is 14.6 Å². The van der Waals surface area contributed by atoms with E-state index in [-0.39, 0.29) is 24.2 Å². The van der Waals surface area contributed by atoms with Gasteiger partial charge >= 0.3 is 5.97 Å². The topological polar surface area (TPSA) is 76.0 Å². The molecule has 0 bridgehead atoms. The van der Waals surface area contributed by atoms with Gasteiger partial charge in [-0.2, -0.15) is 0 Å². The van der Waals surface area contributed by atoms with Gasteiger partial charge in [-0.25, -0.2) is 0 Å². The van der Waals surface area contributed by atoms with E-state index in [0.717, 1.165) is 24.0 Å². The predicted molar refractivity (Wildman–Crippen MR) is 126 cm³/mol. The van der Waals surface area contributed by atoms with E-state index in [1.165, 1.54) is 21.9 Å². The van der Waals surface area contributed by atoms with Crippen LogP contribution < -0.4 is 0 Å². The van der Waals surface area contributed by atoms with Gasteiger partial charge in [-0.05, 0) is 53.6 Å². The fraction of sp³-hybridized carbons (Fsp3) is 0.321. The number of aryl methyl sites for hydroxylation is 2. The average molecular weight is 445 g/mol. The number of phenols is 1. The Balaban J connectivity index is 1.42. The van der Waals surface area contributed by atoms with Crippen LogP contribution in [0, 0.1) is 5.92 Å². The number of para-hydroxylation sites is 1. The van der Waals surface area contributed by atoms with Gasteiger partial charge in [-0.15, -0.1) is 0 Å². The third-order valence-electron chi connectivity index (χ3n) is 6.70. The van der Waals surface area contributed by atoms with Crippen LogP contribution in [0.1, 0.15) is 53.9 Å². The first-order chi connectivity index (χ1) is 16.1. The molecular weight excluding hydrogens is 416 g/mol. The lowest BCUT2D eigenvalue weighted by molar-refractivity contribution is -0.243. The van der Waals surface area contributed by atoms with Crippen molar-refractivity contribution in [3.63, 3.8) is 0 Å². The number of hydrogen-bond donors (Lipinski definition) is 2. The molecule has 5 nitrogen and oxygen atoms in total. The number of carboxylic acid groups (broad SMARTS) is 1. The normalized spacial score (nSPS) is 22.2. The van der Waals surface area contributed by atoms with Crippen molar-refractivity contribution in [2.45, 2.75) is 44.5 Å². The maximum atomic E-state index is 10.7. The minimum atomic E-state index is -0.802. The number of rotatable bonds is 7. The van der Waals surface area contributed by atoms with Gasteiger partial charge in [0.05, 0.1) is 12.7 Å². The van der Waals surface area contributed by atoms with Gasteiger partial charge in [0.2, 0.25) is 0 Å². The Kier molecular flexibility index (Phi) is 6.16. The molecule has 33 heavy (non-hydrogen) atoms. The lowest BCUT2D eigenvalue weighted by Gasteiger charge is -2.37. The van der Waals surface area contributed by atoms with E-state index in [1.54, 1.807) is 12.1 Å². The highest BCUT2D eigenvalue weighted by Crippen LogP contribution is 2.45. The third-order valence-corrected chi connectivity index (χ3v) is 6.70. The number of carbonyl (C=O) groups is 1. The van der Waals surface area contributed by atoms with Crippen LogP contribution in [0.2, 0.25) is 0 Å². The minimum Gasteiger partial charge on any atom is -0.508 e. The molecule has 3 aromatic carbocycles.